The molecule has 3 rings (SSSR count). The van der Waals surface area contributed by atoms with E-state index in [1.54, 1.807) is 11.1 Å². The Kier molecular flexibility index (Phi) is 3.69. The van der Waals surface area contributed by atoms with Crippen LogP contribution >= 0.6 is 0 Å². The summed E-state index contributed by atoms with van der Waals surface area (Å²) >= 11 is 0. The predicted molar refractivity (Wildman–Crippen MR) is 77.3 cm³/mol. The number of nitrogens with zero attached hydrogens (tertiary/aromatic N) is 1. The zero-order valence-electron chi connectivity index (χ0n) is 11.8. The molecule has 102 valence electrons. The molecule has 1 aliphatic heterocycles. The molecule has 2 aliphatic rings. The van der Waals surface area contributed by atoms with Gasteiger partial charge < -0.3 is 0 Å². The predicted octanol–water partition coefficient (Wildman–Crippen LogP) is 3.29. The number of hydrogen-bond acceptors (Lipinski definition) is 2. The van der Waals surface area contributed by atoms with Crippen molar-refractivity contribution in [3.05, 3.63) is 34.9 Å². The molecular weight excluding hydrogens is 234 g/mol. The molecule has 1 heterocycles. The maximum atomic E-state index is 11.3. The summed E-state index contributed by atoms with van der Waals surface area (Å²) < 4.78 is 0. The molecule has 1 aromatic carbocycles. The van der Waals surface area contributed by atoms with Gasteiger partial charge in [0.15, 0.2) is 0 Å². The van der Waals surface area contributed by atoms with Crippen molar-refractivity contribution in [2.24, 2.45) is 0 Å². The molecule has 1 fully saturated rings. The Hall–Kier alpha value is -1.15. The minimum atomic E-state index is 0.425. The molecule has 0 N–H and O–H groups in total. The molecule has 0 saturated carbocycles. The van der Waals surface area contributed by atoms with E-state index in [0.717, 1.165) is 25.9 Å². The van der Waals surface area contributed by atoms with E-state index in [4.69, 9.17) is 0 Å². The van der Waals surface area contributed by atoms with Gasteiger partial charge in [-0.3, -0.25) is 9.69 Å². The van der Waals surface area contributed by atoms with Crippen molar-refractivity contribution in [1.82, 2.24) is 4.90 Å². The summed E-state index contributed by atoms with van der Waals surface area (Å²) in [5.74, 6) is 0.425. The summed E-state index contributed by atoms with van der Waals surface area (Å²) in [5.41, 5.74) is 4.54. The number of ketones is 1. The number of hydrogen-bond donors (Lipinski definition) is 0. The highest BCUT2D eigenvalue weighted by molar-refractivity contribution is 5.79. The molecule has 1 unspecified atom stereocenters. The quantitative estimate of drug-likeness (QED) is 0.810. The highest BCUT2D eigenvalue weighted by Crippen LogP contribution is 2.28. The Morgan fingerprint density at radius 2 is 1.68 bits per heavy atom. The maximum absolute atomic E-state index is 11.3. The number of benzene rings is 1. The first-order chi connectivity index (χ1) is 9.24. The number of likely N-dealkylation sites (tertiary alicyclic amines) is 1. The molecule has 0 spiro atoms. The number of fused-ring (bicyclic) bond motifs is 1. The van der Waals surface area contributed by atoms with Gasteiger partial charge in [0.25, 0.3) is 0 Å². The van der Waals surface area contributed by atoms with Gasteiger partial charge in [-0.1, -0.05) is 18.2 Å². The fourth-order valence-corrected chi connectivity index (χ4v) is 3.38. The number of piperidine rings is 1. The van der Waals surface area contributed by atoms with E-state index in [1.807, 2.05) is 0 Å². The third-order valence-corrected chi connectivity index (χ3v) is 4.76. The van der Waals surface area contributed by atoms with Gasteiger partial charge in [0, 0.05) is 32.0 Å². The van der Waals surface area contributed by atoms with Gasteiger partial charge in [-0.05, 0) is 49.3 Å². The number of rotatable bonds is 2. The first-order valence-electron chi connectivity index (χ1n) is 7.61. The summed E-state index contributed by atoms with van der Waals surface area (Å²) in [4.78, 5) is 13.8. The summed E-state index contributed by atoms with van der Waals surface area (Å²) in [5, 5.41) is 0. The molecule has 1 saturated heterocycles. The van der Waals surface area contributed by atoms with Crippen LogP contribution in [0.1, 0.15) is 55.3 Å². The highest BCUT2D eigenvalue weighted by atomic mass is 16.1. The van der Waals surface area contributed by atoms with Gasteiger partial charge in [-0.2, -0.15) is 0 Å². The largest absolute Gasteiger partial charge is 0.300 e. The molecule has 1 aromatic rings. The molecular formula is C17H23NO. The average molecular weight is 257 g/mol. The van der Waals surface area contributed by atoms with Crippen LogP contribution in [0.15, 0.2) is 18.2 Å². The Balaban J connectivity index is 1.76. The van der Waals surface area contributed by atoms with Crippen molar-refractivity contribution in [1.29, 1.82) is 0 Å². The van der Waals surface area contributed by atoms with Crippen LogP contribution in [0.25, 0.3) is 0 Å². The topological polar surface area (TPSA) is 20.3 Å². The molecule has 1 aliphatic carbocycles. The number of carbonyl (C=O) groups excluding carboxylic acids is 1. The van der Waals surface area contributed by atoms with E-state index in [9.17, 15) is 4.79 Å². The van der Waals surface area contributed by atoms with Gasteiger partial charge >= 0.3 is 0 Å². The maximum Gasteiger partial charge on any atom is 0.135 e. The van der Waals surface area contributed by atoms with Gasteiger partial charge in [0.2, 0.25) is 0 Å². The number of aryl methyl sites for hydroxylation is 2. The van der Waals surface area contributed by atoms with Crippen molar-refractivity contribution in [3.63, 3.8) is 0 Å². The lowest BCUT2D eigenvalue weighted by Crippen LogP contribution is -2.35. The summed E-state index contributed by atoms with van der Waals surface area (Å²) in [7, 11) is 0. The molecule has 19 heavy (non-hydrogen) atoms. The van der Waals surface area contributed by atoms with Crippen molar-refractivity contribution >= 4 is 5.78 Å². The van der Waals surface area contributed by atoms with E-state index < -0.39 is 0 Å². The van der Waals surface area contributed by atoms with Crippen molar-refractivity contribution in [3.8, 4) is 0 Å². The van der Waals surface area contributed by atoms with Crippen molar-refractivity contribution < 1.29 is 4.79 Å². The van der Waals surface area contributed by atoms with Crippen LogP contribution in [0.4, 0.5) is 0 Å². The summed E-state index contributed by atoms with van der Waals surface area (Å²) in [6, 6.07) is 7.48. The Bertz CT molecular complexity index is 470. The van der Waals surface area contributed by atoms with Crippen molar-refractivity contribution in [2.45, 2.75) is 51.5 Å². The monoisotopic (exact) mass is 257 g/mol. The second kappa shape index (κ2) is 5.46. The van der Waals surface area contributed by atoms with E-state index in [-0.39, 0.29) is 0 Å². The normalized spacial score (nSPS) is 22.1. The number of carbonyl (C=O) groups is 1. The lowest BCUT2D eigenvalue weighted by molar-refractivity contribution is -0.121. The Labute approximate surface area is 115 Å². The SMILES string of the molecule is CC(c1ccc2c(c1)CCCC2)N1CCC(=O)CC1. The zero-order valence-corrected chi connectivity index (χ0v) is 11.8. The van der Waals surface area contributed by atoms with Crippen LogP contribution in [-0.2, 0) is 17.6 Å². The van der Waals surface area contributed by atoms with Crippen molar-refractivity contribution in [2.75, 3.05) is 13.1 Å². The molecule has 0 aromatic heterocycles. The minimum Gasteiger partial charge on any atom is -0.300 e. The third-order valence-electron chi connectivity index (χ3n) is 4.76. The first kappa shape index (κ1) is 12.9. The van der Waals surface area contributed by atoms with E-state index >= 15 is 0 Å². The molecule has 2 nitrogen and oxygen atoms in total. The third kappa shape index (κ3) is 2.74. The van der Waals surface area contributed by atoms with Crippen LogP contribution in [0.2, 0.25) is 0 Å². The lowest BCUT2D eigenvalue weighted by atomic mass is 9.89. The molecule has 0 amide bonds. The van der Waals surface area contributed by atoms with Crippen LogP contribution < -0.4 is 0 Å². The summed E-state index contributed by atoms with van der Waals surface area (Å²) in [6.07, 6.45) is 6.64. The molecule has 2 heteroatoms. The standard InChI is InChI=1S/C17H23NO/c1-13(18-10-8-17(19)9-11-18)15-7-6-14-4-2-3-5-16(14)12-15/h6-7,12-13H,2-5,8-11H2,1H3. The smallest absolute Gasteiger partial charge is 0.135 e. The fourth-order valence-electron chi connectivity index (χ4n) is 3.38. The second-order valence-corrected chi connectivity index (χ2v) is 5.99. The summed E-state index contributed by atoms with van der Waals surface area (Å²) in [6.45, 7) is 4.13. The first-order valence-corrected chi connectivity index (χ1v) is 7.61. The lowest BCUT2D eigenvalue weighted by Gasteiger charge is -2.32. The average Bonchev–Trinajstić information content (AvgIpc) is 2.47. The van der Waals surface area contributed by atoms with Crippen LogP contribution in [0.5, 0.6) is 0 Å². The second-order valence-electron chi connectivity index (χ2n) is 5.99. The molecule has 0 radical (unpaired) electrons. The van der Waals surface area contributed by atoms with E-state index in [0.29, 0.717) is 11.8 Å². The zero-order chi connectivity index (χ0) is 13.2. The number of Topliss-reactive ketones (excluding diaryl/α,β-unsaturated/α-hetero) is 1. The van der Waals surface area contributed by atoms with Gasteiger partial charge in [0.05, 0.1) is 0 Å². The molecule has 1 atom stereocenters. The fraction of sp³-hybridized carbons (Fsp3) is 0.588. The van der Waals surface area contributed by atoms with Crippen LogP contribution in [0.3, 0.4) is 0 Å². The Morgan fingerprint density at radius 1 is 1.00 bits per heavy atom. The highest BCUT2D eigenvalue weighted by Gasteiger charge is 2.22. The van der Waals surface area contributed by atoms with E-state index in [2.05, 4.69) is 30.0 Å². The van der Waals surface area contributed by atoms with Gasteiger partial charge in [0.1, 0.15) is 5.78 Å². The van der Waals surface area contributed by atoms with Gasteiger partial charge in [-0.25, -0.2) is 0 Å². The molecule has 0 bridgehead atoms. The van der Waals surface area contributed by atoms with Gasteiger partial charge in [-0.15, -0.1) is 0 Å². The Morgan fingerprint density at radius 3 is 2.42 bits per heavy atom. The van der Waals surface area contributed by atoms with Crippen LogP contribution in [-0.4, -0.2) is 23.8 Å². The van der Waals surface area contributed by atoms with Crippen LogP contribution in [0, 0.1) is 0 Å². The minimum absolute atomic E-state index is 0.425. The van der Waals surface area contributed by atoms with E-state index in [1.165, 1.54) is 31.2 Å².